The first-order valence-electron chi connectivity index (χ1n) is 10.0. The van der Waals surface area contributed by atoms with E-state index in [0.717, 1.165) is 16.3 Å². The molecule has 6 heteroatoms. The number of piperazine rings is 1. The van der Waals surface area contributed by atoms with Crippen molar-refractivity contribution in [1.29, 1.82) is 0 Å². The van der Waals surface area contributed by atoms with E-state index in [0.29, 0.717) is 51.9 Å². The van der Waals surface area contributed by atoms with Crippen LogP contribution in [0.2, 0.25) is 0 Å². The van der Waals surface area contributed by atoms with Crippen LogP contribution in [0.25, 0.3) is 10.8 Å². The van der Waals surface area contributed by atoms with Crippen LogP contribution in [-0.4, -0.2) is 53.5 Å². The van der Waals surface area contributed by atoms with Crippen LogP contribution in [0.3, 0.4) is 0 Å². The minimum Gasteiger partial charge on any atom is -0.339 e. The van der Waals surface area contributed by atoms with Crippen molar-refractivity contribution in [2.75, 3.05) is 26.2 Å². The van der Waals surface area contributed by atoms with Crippen LogP contribution in [0.5, 0.6) is 0 Å². The molecule has 0 unspecified atom stereocenters. The van der Waals surface area contributed by atoms with E-state index < -0.39 is 5.66 Å². The highest BCUT2D eigenvalue weighted by Gasteiger charge is 2.39. The zero-order valence-corrected chi connectivity index (χ0v) is 16.4. The Labute approximate surface area is 170 Å². The molecule has 1 fully saturated rings. The van der Waals surface area contributed by atoms with E-state index >= 15 is 0 Å². The number of nitrogens with zero attached hydrogens (tertiary/aromatic N) is 4. The summed E-state index contributed by atoms with van der Waals surface area (Å²) in [4.78, 5) is 29.3. The molecule has 6 nitrogen and oxygen atoms in total. The molecule has 0 atom stereocenters. The van der Waals surface area contributed by atoms with Gasteiger partial charge in [0.15, 0.2) is 5.66 Å². The molecule has 2 aliphatic heterocycles. The number of amides is 2. The summed E-state index contributed by atoms with van der Waals surface area (Å²) in [5.41, 5.74) is 0.295. The first kappa shape index (κ1) is 19.1. The highest BCUT2D eigenvalue weighted by Crippen LogP contribution is 2.37. The summed E-state index contributed by atoms with van der Waals surface area (Å²) in [7, 11) is 0. The zero-order chi connectivity index (χ0) is 20.3. The topological polar surface area (TPSA) is 65.3 Å². The summed E-state index contributed by atoms with van der Waals surface area (Å²) >= 11 is 0. The number of carbonyl (C=O) groups is 2. The monoisotopic (exact) mass is 388 g/mol. The molecular formula is C23H24N4O2. The van der Waals surface area contributed by atoms with E-state index in [9.17, 15) is 9.59 Å². The standard InChI is InChI=1S/C23H24N4O2/c1-2-3-12-23(24-25-23)13-11-21(28)26-14-16-27(17-15-26)22(29)20-10-6-8-18-7-4-5-9-19(18)20/h1,4-10H,3,11-17H2. The summed E-state index contributed by atoms with van der Waals surface area (Å²) in [6.45, 7) is 2.21. The zero-order valence-electron chi connectivity index (χ0n) is 16.4. The molecule has 1 saturated heterocycles. The molecule has 2 amide bonds. The van der Waals surface area contributed by atoms with Gasteiger partial charge in [-0.2, -0.15) is 10.2 Å². The molecule has 0 radical (unpaired) electrons. The summed E-state index contributed by atoms with van der Waals surface area (Å²) < 4.78 is 0. The highest BCUT2D eigenvalue weighted by atomic mass is 16.2. The van der Waals surface area contributed by atoms with Gasteiger partial charge in [0.1, 0.15) is 0 Å². The van der Waals surface area contributed by atoms with Gasteiger partial charge < -0.3 is 9.80 Å². The number of hydrogen-bond donors (Lipinski definition) is 0. The van der Waals surface area contributed by atoms with E-state index in [1.807, 2.05) is 52.3 Å². The number of terminal acetylenes is 1. The van der Waals surface area contributed by atoms with Gasteiger partial charge >= 0.3 is 0 Å². The lowest BCUT2D eigenvalue weighted by molar-refractivity contribution is -0.132. The van der Waals surface area contributed by atoms with Crippen LogP contribution < -0.4 is 0 Å². The van der Waals surface area contributed by atoms with Gasteiger partial charge in [-0.25, -0.2) is 0 Å². The van der Waals surface area contributed by atoms with Crippen LogP contribution in [0.15, 0.2) is 52.7 Å². The van der Waals surface area contributed by atoms with E-state index in [2.05, 4.69) is 16.1 Å². The molecule has 2 aromatic carbocycles. The van der Waals surface area contributed by atoms with Crippen molar-refractivity contribution in [3.8, 4) is 12.3 Å². The van der Waals surface area contributed by atoms with Crippen LogP contribution >= 0.6 is 0 Å². The Kier molecular flexibility index (Phi) is 5.30. The number of carbonyl (C=O) groups excluding carboxylic acids is 2. The average Bonchev–Trinajstić information content (AvgIpc) is 3.55. The van der Waals surface area contributed by atoms with Gasteiger partial charge in [0.2, 0.25) is 5.91 Å². The van der Waals surface area contributed by atoms with Gasteiger partial charge in [0.05, 0.1) is 0 Å². The van der Waals surface area contributed by atoms with Crippen LogP contribution in [-0.2, 0) is 4.79 Å². The molecule has 2 aliphatic rings. The van der Waals surface area contributed by atoms with Gasteiger partial charge in [-0.1, -0.05) is 36.4 Å². The van der Waals surface area contributed by atoms with Gasteiger partial charge in [0, 0.05) is 57.4 Å². The lowest BCUT2D eigenvalue weighted by Gasteiger charge is -2.35. The molecule has 4 rings (SSSR count). The first-order valence-corrected chi connectivity index (χ1v) is 10.0. The highest BCUT2D eigenvalue weighted by molar-refractivity contribution is 6.07. The fourth-order valence-corrected chi connectivity index (χ4v) is 3.87. The molecule has 148 valence electrons. The number of hydrogen-bond acceptors (Lipinski definition) is 4. The largest absolute Gasteiger partial charge is 0.339 e. The Morgan fingerprint density at radius 1 is 0.966 bits per heavy atom. The predicted octanol–water partition coefficient (Wildman–Crippen LogP) is 3.48. The second-order valence-electron chi connectivity index (χ2n) is 7.59. The predicted molar refractivity (Wildman–Crippen MR) is 111 cm³/mol. The maximum absolute atomic E-state index is 13.0. The third-order valence-electron chi connectivity index (χ3n) is 5.73. The average molecular weight is 388 g/mol. The summed E-state index contributed by atoms with van der Waals surface area (Å²) in [6.07, 6.45) is 7.66. The lowest BCUT2D eigenvalue weighted by Crippen LogP contribution is -2.50. The van der Waals surface area contributed by atoms with Gasteiger partial charge in [-0.15, -0.1) is 12.3 Å². The summed E-state index contributed by atoms with van der Waals surface area (Å²) in [5.74, 6) is 2.72. The molecule has 0 spiro atoms. The SMILES string of the molecule is C#CCCC1(CCC(=O)N2CCN(C(=O)c3cccc4ccccc34)CC2)N=N1. The van der Waals surface area contributed by atoms with Crippen molar-refractivity contribution in [2.24, 2.45) is 10.2 Å². The first-order chi connectivity index (χ1) is 14.1. The van der Waals surface area contributed by atoms with Crippen molar-refractivity contribution in [2.45, 2.75) is 31.3 Å². The smallest absolute Gasteiger partial charge is 0.254 e. The van der Waals surface area contributed by atoms with Crippen LogP contribution in [0, 0.1) is 12.3 Å². The molecule has 0 aromatic heterocycles. The minimum atomic E-state index is -0.422. The third-order valence-corrected chi connectivity index (χ3v) is 5.73. The Balaban J connectivity index is 1.31. The summed E-state index contributed by atoms with van der Waals surface area (Å²) in [6, 6.07) is 13.7. The van der Waals surface area contributed by atoms with E-state index in [4.69, 9.17) is 6.42 Å². The maximum Gasteiger partial charge on any atom is 0.254 e. The number of benzene rings is 2. The van der Waals surface area contributed by atoms with Crippen molar-refractivity contribution in [3.05, 3.63) is 48.0 Å². The molecule has 29 heavy (non-hydrogen) atoms. The number of fused-ring (bicyclic) bond motifs is 1. The van der Waals surface area contributed by atoms with Crippen LogP contribution in [0.4, 0.5) is 0 Å². The third kappa shape index (κ3) is 4.14. The fourth-order valence-electron chi connectivity index (χ4n) is 3.87. The van der Waals surface area contributed by atoms with Gasteiger partial charge in [-0.05, 0) is 16.8 Å². The second kappa shape index (κ2) is 8.04. The lowest BCUT2D eigenvalue weighted by atomic mass is 10.0. The molecular weight excluding hydrogens is 364 g/mol. The molecule has 0 bridgehead atoms. The molecule has 0 aliphatic carbocycles. The maximum atomic E-state index is 13.0. The van der Waals surface area contributed by atoms with Gasteiger partial charge in [0.25, 0.3) is 5.91 Å². The molecule has 0 saturated carbocycles. The summed E-state index contributed by atoms with van der Waals surface area (Å²) in [5, 5.41) is 10.2. The Morgan fingerprint density at radius 3 is 2.38 bits per heavy atom. The Bertz CT molecular complexity index is 988. The van der Waals surface area contributed by atoms with Gasteiger partial charge in [-0.3, -0.25) is 9.59 Å². The molecule has 2 heterocycles. The van der Waals surface area contributed by atoms with E-state index in [1.165, 1.54) is 0 Å². The van der Waals surface area contributed by atoms with E-state index in [-0.39, 0.29) is 11.8 Å². The quantitative estimate of drug-likeness (QED) is 0.711. The number of rotatable bonds is 6. The fraction of sp³-hybridized carbons (Fsp3) is 0.391. The van der Waals surface area contributed by atoms with Crippen molar-refractivity contribution < 1.29 is 9.59 Å². The van der Waals surface area contributed by atoms with Crippen molar-refractivity contribution in [1.82, 2.24) is 9.80 Å². The van der Waals surface area contributed by atoms with Crippen molar-refractivity contribution >= 4 is 22.6 Å². The van der Waals surface area contributed by atoms with E-state index in [1.54, 1.807) is 0 Å². The molecule has 2 aromatic rings. The Morgan fingerprint density at radius 2 is 1.66 bits per heavy atom. The van der Waals surface area contributed by atoms with Crippen LogP contribution in [0.1, 0.15) is 36.0 Å². The normalized spacial score (nSPS) is 17.2. The second-order valence-corrected chi connectivity index (χ2v) is 7.59. The molecule has 0 N–H and O–H groups in total. The van der Waals surface area contributed by atoms with Crippen molar-refractivity contribution in [3.63, 3.8) is 0 Å². The Hall–Kier alpha value is -3.20. The minimum absolute atomic E-state index is 0.0257.